The molecule has 27 heavy (non-hydrogen) atoms. The molecule has 5 nitrogen and oxygen atoms in total. The molecule has 3 rings (SSSR count). The third-order valence-electron chi connectivity index (χ3n) is 3.03. The summed E-state index contributed by atoms with van der Waals surface area (Å²) in [6.07, 6.45) is -0.428. The fourth-order valence-corrected chi connectivity index (χ4v) is 2.73. The highest BCUT2D eigenvalue weighted by Gasteiger charge is 2.32. The lowest BCUT2D eigenvalue weighted by atomic mass is 10.2. The van der Waals surface area contributed by atoms with Crippen molar-refractivity contribution in [3.8, 4) is 11.3 Å². The van der Waals surface area contributed by atoms with Crippen LogP contribution in [0.25, 0.3) is 11.3 Å². The predicted octanol–water partition coefficient (Wildman–Crippen LogP) is 4.31. The molecule has 0 saturated carbocycles. The van der Waals surface area contributed by atoms with Crippen LogP contribution in [-0.2, 0) is 15.2 Å². The number of aromatic nitrogens is 3. The second-order valence-corrected chi connectivity index (χ2v) is 7.43. The van der Waals surface area contributed by atoms with Gasteiger partial charge in [-0.25, -0.2) is 22.8 Å². The quantitative estimate of drug-likeness (QED) is 0.457. The summed E-state index contributed by atoms with van der Waals surface area (Å²) >= 11 is 0. The molecule has 0 bridgehead atoms. The molecule has 0 atom stereocenters. The molecular weight excluding hydrogens is 410 g/mol. The molecule has 0 spiro atoms. The van der Waals surface area contributed by atoms with Crippen LogP contribution in [0.3, 0.4) is 0 Å². The van der Waals surface area contributed by atoms with E-state index in [4.69, 9.17) is 10.7 Å². The number of nitrogens with zero attached hydrogens (tertiary/aromatic N) is 3. The molecule has 0 aliphatic rings. The van der Waals surface area contributed by atoms with Crippen LogP contribution in [0.15, 0.2) is 66.1 Å². The molecule has 0 N–H and O–H groups in total. The molecule has 0 saturated heterocycles. The molecule has 0 unspecified atom stereocenters. The maximum Gasteiger partial charge on any atom is 0.433 e. The summed E-state index contributed by atoms with van der Waals surface area (Å²) in [4.78, 5) is 10.5. The first-order chi connectivity index (χ1) is 12.6. The Bertz CT molecular complexity index is 998. The number of rotatable bonds is 2. The second kappa shape index (κ2) is 8.40. The van der Waals surface area contributed by atoms with Crippen LogP contribution in [0, 0.1) is 5.82 Å². The molecular formula is C16H10ClF4N3O2S. The normalized spacial score (nSPS) is 11.4. The number of pyridine rings is 1. The van der Waals surface area contributed by atoms with Gasteiger partial charge in [-0.2, -0.15) is 13.2 Å². The molecule has 2 heterocycles. The lowest BCUT2D eigenvalue weighted by Gasteiger charge is -2.05. The summed E-state index contributed by atoms with van der Waals surface area (Å²) in [6, 6.07) is 8.80. The largest absolute Gasteiger partial charge is 0.433 e. The van der Waals surface area contributed by atoms with Crippen LogP contribution in [0.5, 0.6) is 0 Å². The van der Waals surface area contributed by atoms with E-state index in [-0.39, 0.29) is 0 Å². The van der Waals surface area contributed by atoms with E-state index >= 15 is 0 Å². The van der Waals surface area contributed by atoms with Gasteiger partial charge in [0.25, 0.3) is 9.05 Å². The van der Waals surface area contributed by atoms with Crippen molar-refractivity contribution in [3.05, 3.63) is 72.7 Å². The van der Waals surface area contributed by atoms with E-state index in [9.17, 15) is 26.0 Å². The van der Waals surface area contributed by atoms with Crippen LogP contribution < -0.4 is 0 Å². The predicted molar refractivity (Wildman–Crippen MR) is 89.7 cm³/mol. The lowest BCUT2D eigenvalue weighted by molar-refractivity contribution is -0.141. The number of benzene rings is 1. The van der Waals surface area contributed by atoms with E-state index in [0.717, 1.165) is 24.4 Å². The van der Waals surface area contributed by atoms with Crippen molar-refractivity contribution in [3.63, 3.8) is 0 Å². The molecule has 11 heteroatoms. The van der Waals surface area contributed by atoms with Crippen LogP contribution in [0.2, 0.25) is 0 Å². The maximum atomic E-state index is 12.6. The van der Waals surface area contributed by atoms with Crippen molar-refractivity contribution in [2.24, 2.45) is 0 Å². The minimum absolute atomic E-state index is 0.485. The van der Waals surface area contributed by atoms with Crippen molar-refractivity contribution in [2.75, 3.05) is 0 Å². The van der Waals surface area contributed by atoms with Crippen LogP contribution >= 0.6 is 10.7 Å². The fraction of sp³-hybridized carbons (Fsp3) is 0.0625. The smallest absolute Gasteiger partial charge is 0.251 e. The monoisotopic (exact) mass is 419 g/mol. The lowest BCUT2D eigenvalue weighted by Crippen LogP contribution is -2.07. The third-order valence-corrected chi connectivity index (χ3v) is 4.39. The van der Waals surface area contributed by atoms with Gasteiger partial charge in [0.2, 0.25) is 0 Å². The molecule has 2 aromatic heterocycles. The summed E-state index contributed by atoms with van der Waals surface area (Å²) in [5, 5.41) is 0. The van der Waals surface area contributed by atoms with Crippen molar-refractivity contribution in [2.45, 2.75) is 11.1 Å². The Kier molecular flexibility index (Phi) is 6.45. The highest BCUT2D eigenvalue weighted by molar-refractivity contribution is 8.13. The first-order valence-corrected chi connectivity index (χ1v) is 9.39. The Hall–Kier alpha value is -2.59. The van der Waals surface area contributed by atoms with Crippen molar-refractivity contribution < 1.29 is 26.0 Å². The van der Waals surface area contributed by atoms with E-state index in [1.807, 2.05) is 0 Å². The maximum absolute atomic E-state index is 12.6. The van der Waals surface area contributed by atoms with Crippen molar-refractivity contribution in [1.82, 2.24) is 15.0 Å². The Morgan fingerprint density at radius 2 is 1.67 bits per heavy atom. The zero-order chi connectivity index (χ0) is 20.1. The summed E-state index contributed by atoms with van der Waals surface area (Å²) in [6.45, 7) is 0. The Morgan fingerprint density at radius 3 is 2.11 bits per heavy atom. The summed E-state index contributed by atoms with van der Waals surface area (Å²) < 4.78 is 70.5. The van der Waals surface area contributed by atoms with Gasteiger partial charge < -0.3 is 0 Å². The van der Waals surface area contributed by atoms with Crippen molar-refractivity contribution in [1.29, 1.82) is 0 Å². The number of halogens is 5. The van der Waals surface area contributed by atoms with Gasteiger partial charge in [-0.05, 0) is 30.3 Å². The molecule has 0 aliphatic carbocycles. The van der Waals surface area contributed by atoms with Crippen LogP contribution in [-0.4, -0.2) is 23.4 Å². The Morgan fingerprint density at radius 1 is 0.963 bits per heavy atom. The molecule has 3 aromatic rings. The number of alkyl halides is 3. The van der Waals surface area contributed by atoms with Gasteiger partial charge in [0.1, 0.15) is 22.7 Å². The first kappa shape index (κ1) is 20.7. The molecule has 0 aliphatic heterocycles. The molecule has 0 amide bonds. The average molecular weight is 420 g/mol. The fourth-order valence-electron chi connectivity index (χ4n) is 1.82. The van der Waals surface area contributed by atoms with E-state index in [2.05, 4.69) is 15.0 Å². The van der Waals surface area contributed by atoms with Crippen LogP contribution in [0.4, 0.5) is 17.6 Å². The van der Waals surface area contributed by atoms with E-state index < -0.39 is 31.6 Å². The summed E-state index contributed by atoms with van der Waals surface area (Å²) in [7, 11) is 0.960. The van der Waals surface area contributed by atoms with E-state index in [1.165, 1.54) is 30.7 Å². The van der Waals surface area contributed by atoms with E-state index in [0.29, 0.717) is 11.3 Å². The molecule has 1 aromatic carbocycles. The average Bonchev–Trinajstić information content (AvgIpc) is 2.62. The van der Waals surface area contributed by atoms with Gasteiger partial charge in [-0.1, -0.05) is 12.1 Å². The van der Waals surface area contributed by atoms with Crippen molar-refractivity contribution >= 4 is 19.7 Å². The van der Waals surface area contributed by atoms with Gasteiger partial charge in [0.15, 0.2) is 0 Å². The Labute approximate surface area is 156 Å². The molecule has 0 fully saturated rings. The molecule has 0 radical (unpaired) electrons. The second-order valence-electron chi connectivity index (χ2n) is 4.89. The minimum atomic E-state index is -4.41. The topological polar surface area (TPSA) is 72.8 Å². The zero-order valence-corrected chi connectivity index (χ0v) is 14.8. The van der Waals surface area contributed by atoms with Gasteiger partial charge in [0.05, 0.1) is 5.69 Å². The van der Waals surface area contributed by atoms with Gasteiger partial charge in [0, 0.05) is 28.6 Å². The van der Waals surface area contributed by atoms with E-state index in [1.54, 1.807) is 6.07 Å². The van der Waals surface area contributed by atoms with Gasteiger partial charge in [-0.3, -0.25) is 4.98 Å². The highest BCUT2D eigenvalue weighted by atomic mass is 35.7. The number of hydrogen-bond acceptors (Lipinski definition) is 5. The summed E-state index contributed by atoms with van der Waals surface area (Å²) in [5.41, 5.74) is 0.150. The SMILES string of the molecule is FC(F)(F)c1ccc(-c2ccncn2)cn1.O=S(=O)(Cl)c1ccccc1F. The first-order valence-electron chi connectivity index (χ1n) is 7.08. The minimum Gasteiger partial charge on any atom is -0.251 e. The Balaban J connectivity index is 0.000000208. The van der Waals surface area contributed by atoms with Gasteiger partial charge >= 0.3 is 6.18 Å². The highest BCUT2D eigenvalue weighted by Crippen LogP contribution is 2.28. The third kappa shape index (κ3) is 5.97. The standard InChI is InChI=1S/C10H6F3N3.C6H4ClFO2S/c11-10(12,13)9-2-1-7(5-15-9)8-3-4-14-6-16-8;7-11(9,10)6-4-2-1-3-5(6)8/h1-6H;1-4H. The zero-order valence-electron chi connectivity index (χ0n) is 13.2. The summed E-state index contributed by atoms with van der Waals surface area (Å²) in [5.74, 6) is -0.831. The number of hydrogen-bond donors (Lipinski definition) is 0. The van der Waals surface area contributed by atoms with Crippen LogP contribution in [0.1, 0.15) is 5.69 Å². The molecule has 142 valence electrons. The van der Waals surface area contributed by atoms with Gasteiger partial charge in [-0.15, -0.1) is 0 Å².